The number of halogens is 1. The highest BCUT2D eigenvalue weighted by Crippen LogP contribution is 2.34. The van der Waals surface area contributed by atoms with Crippen LogP contribution in [0.3, 0.4) is 0 Å². The predicted octanol–water partition coefficient (Wildman–Crippen LogP) is 3.17. The minimum absolute atomic E-state index is 0.104. The maximum Gasteiger partial charge on any atom is 0.256 e. The first-order chi connectivity index (χ1) is 13.4. The average Bonchev–Trinajstić information content (AvgIpc) is 3.12. The van der Waals surface area contributed by atoms with Gasteiger partial charge >= 0.3 is 0 Å². The third-order valence-electron chi connectivity index (χ3n) is 5.31. The first kappa shape index (κ1) is 18.4. The number of aromatic amines is 1. The number of hydrogen-bond donors (Lipinski definition) is 3. The lowest BCUT2D eigenvalue weighted by Gasteiger charge is -2.23. The van der Waals surface area contributed by atoms with Gasteiger partial charge in [0.05, 0.1) is 11.1 Å². The van der Waals surface area contributed by atoms with E-state index in [2.05, 4.69) is 15.6 Å². The minimum atomic E-state index is -0.405. The van der Waals surface area contributed by atoms with Gasteiger partial charge in [0.15, 0.2) is 0 Å². The molecule has 3 heterocycles. The van der Waals surface area contributed by atoms with Crippen LogP contribution < -0.4 is 10.6 Å². The van der Waals surface area contributed by atoms with Crippen molar-refractivity contribution in [2.75, 3.05) is 18.5 Å². The molecular formula is C21H22FN3O3. The molecule has 0 saturated carbocycles. The van der Waals surface area contributed by atoms with Crippen molar-refractivity contribution in [1.82, 2.24) is 10.3 Å². The summed E-state index contributed by atoms with van der Waals surface area (Å²) in [6, 6.07) is 4.30. The van der Waals surface area contributed by atoms with Gasteiger partial charge in [-0.3, -0.25) is 9.59 Å². The molecule has 4 rings (SSSR count). The predicted molar refractivity (Wildman–Crippen MR) is 104 cm³/mol. The summed E-state index contributed by atoms with van der Waals surface area (Å²) in [6.45, 7) is 4.97. The number of anilines is 1. The molecule has 2 aromatic rings. The van der Waals surface area contributed by atoms with Crippen LogP contribution in [0.4, 0.5) is 10.1 Å². The van der Waals surface area contributed by atoms with Gasteiger partial charge in [-0.25, -0.2) is 4.39 Å². The molecule has 0 radical (unpaired) electrons. The average molecular weight is 383 g/mol. The maximum absolute atomic E-state index is 13.6. The van der Waals surface area contributed by atoms with Crippen LogP contribution in [0.5, 0.6) is 0 Å². The Hall–Kier alpha value is -2.93. The fourth-order valence-corrected chi connectivity index (χ4v) is 3.81. The normalized spacial score (nSPS) is 18.2. The third kappa shape index (κ3) is 3.33. The molecule has 2 amide bonds. The van der Waals surface area contributed by atoms with E-state index in [0.29, 0.717) is 41.3 Å². The van der Waals surface area contributed by atoms with Crippen LogP contribution in [-0.2, 0) is 9.53 Å². The second-order valence-corrected chi connectivity index (χ2v) is 7.23. The summed E-state index contributed by atoms with van der Waals surface area (Å²) in [5.41, 5.74) is 4.20. The Morgan fingerprint density at radius 3 is 2.79 bits per heavy atom. The Balaban J connectivity index is 1.65. The van der Waals surface area contributed by atoms with E-state index in [1.165, 1.54) is 12.1 Å². The van der Waals surface area contributed by atoms with E-state index < -0.39 is 5.82 Å². The second kappa shape index (κ2) is 7.24. The van der Waals surface area contributed by atoms with Crippen molar-refractivity contribution in [2.45, 2.75) is 32.7 Å². The Kier molecular flexibility index (Phi) is 4.77. The van der Waals surface area contributed by atoms with Crippen LogP contribution in [0.25, 0.3) is 11.6 Å². The molecule has 0 spiro atoms. The van der Waals surface area contributed by atoms with Crippen LogP contribution >= 0.6 is 0 Å². The molecule has 0 aliphatic carbocycles. The van der Waals surface area contributed by atoms with Crippen molar-refractivity contribution in [1.29, 1.82) is 0 Å². The molecule has 0 bridgehead atoms. The smallest absolute Gasteiger partial charge is 0.256 e. The molecular weight excluding hydrogens is 361 g/mol. The lowest BCUT2D eigenvalue weighted by molar-refractivity contribution is -0.110. The zero-order valence-electron chi connectivity index (χ0n) is 15.8. The third-order valence-corrected chi connectivity index (χ3v) is 5.31. The number of ether oxygens (including phenoxy) is 1. The highest BCUT2D eigenvalue weighted by molar-refractivity contribution is 6.34. The Morgan fingerprint density at radius 1 is 1.29 bits per heavy atom. The quantitative estimate of drug-likeness (QED) is 0.712. The van der Waals surface area contributed by atoms with E-state index in [-0.39, 0.29) is 17.9 Å². The topological polar surface area (TPSA) is 83.2 Å². The first-order valence-corrected chi connectivity index (χ1v) is 9.35. The molecule has 2 aliphatic heterocycles. The molecule has 3 N–H and O–H groups in total. The van der Waals surface area contributed by atoms with E-state index in [1.54, 1.807) is 12.1 Å². The van der Waals surface area contributed by atoms with Gasteiger partial charge in [0.2, 0.25) is 0 Å². The lowest BCUT2D eigenvalue weighted by atomic mass is 10.0. The molecule has 6 nitrogen and oxygen atoms in total. The Morgan fingerprint density at radius 2 is 2.04 bits per heavy atom. The maximum atomic E-state index is 13.6. The fraction of sp³-hybridized carbons (Fsp3) is 0.333. The summed E-state index contributed by atoms with van der Waals surface area (Å²) in [5.74, 6) is -0.831. The van der Waals surface area contributed by atoms with Gasteiger partial charge < -0.3 is 20.4 Å². The molecule has 1 aromatic carbocycles. The number of H-pyrrole nitrogens is 1. The van der Waals surface area contributed by atoms with Crippen molar-refractivity contribution in [3.05, 3.63) is 52.1 Å². The molecule has 1 aromatic heterocycles. The SMILES string of the molecule is Cc1[nH]c(C=C2C(=O)Nc3ccc(F)cc32)c(C)c1C(=O)NC1CCOCC1. The standard InChI is InChI=1S/C21H22FN3O3/c1-11-18(10-16-15-9-13(22)3-4-17(15)25-20(16)26)23-12(2)19(11)21(27)24-14-5-7-28-8-6-14/h3-4,9-10,14,23H,5-8H2,1-2H3,(H,24,27)(H,25,26). The van der Waals surface area contributed by atoms with E-state index >= 15 is 0 Å². The van der Waals surface area contributed by atoms with Crippen molar-refractivity contribution in [2.24, 2.45) is 0 Å². The van der Waals surface area contributed by atoms with Gasteiger partial charge in [0, 0.05) is 41.9 Å². The van der Waals surface area contributed by atoms with E-state index in [9.17, 15) is 14.0 Å². The Bertz CT molecular complexity index is 987. The van der Waals surface area contributed by atoms with E-state index in [4.69, 9.17) is 4.74 Å². The summed E-state index contributed by atoms with van der Waals surface area (Å²) in [6.07, 6.45) is 3.27. The van der Waals surface area contributed by atoms with Gasteiger partial charge in [-0.2, -0.15) is 0 Å². The van der Waals surface area contributed by atoms with Crippen LogP contribution in [0, 0.1) is 19.7 Å². The van der Waals surface area contributed by atoms with Crippen LogP contribution in [0.1, 0.15) is 45.7 Å². The van der Waals surface area contributed by atoms with Crippen molar-refractivity contribution in [3.8, 4) is 0 Å². The van der Waals surface area contributed by atoms with Gasteiger partial charge in [-0.05, 0) is 56.5 Å². The highest BCUT2D eigenvalue weighted by Gasteiger charge is 2.26. The molecule has 7 heteroatoms. The zero-order chi connectivity index (χ0) is 19.8. The molecule has 146 valence electrons. The van der Waals surface area contributed by atoms with Gasteiger partial charge in [-0.15, -0.1) is 0 Å². The summed E-state index contributed by atoms with van der Waals surface area (Å²) in [5, 5.41) is 5.80. The van der Waals surface area contributed by atoms with E-state index in [1.807, 2.05) is 13.8 Å². The number of fused-ring (bicyclic) bond motifs is 1. The number of aryl methyl sites for hydroxylation is 1. The summed E-state index contributed by atoms with van der Waals surface area (Å²) < 4.78 is 19.0. The van der Waals surface area contributed by atoms with Gasteiger partial charge in [0.1, 0.15) is 5.82 Å². The summed E-state index contributed by atoms with van der Waals surface area (Å²) in [7, 11) is 0. The summed E-state index contributed by atoms with van der Waals surface area (Å²) >= 11 is 0. The highest BCUT2D eigenvalue weighted by atomic mass is 19.1. The van der Waals surface area contributed by atoms with Crippen molar-refractivity contribution < 1.29 is 18.7 Å². The van der Waals surface area contributed by atoms with Crippen LogP contribution in [0.15, 0.2) is 18.2 Å². The number of benzene rings is 1. The lowest BCUT2D eigenvalue weighted by Crippen LogP contribution is -2.39. The molecule has 1 saturated heterocycles. The monoisotopic (exact) mass is 383 g/mol. The van der Waals surface area contributed by atoms with E-state index in [0.717, 1.165) is 24.1 Å². The minimum Gasteiger partial charge on any atom is -0.381 e. The fourth-order valence-electron chi connectivity index (χ4n) is 3.81. The van der Waals surface area contributed by atoms with Gasteiger partial charge in [0.25, 0.3) is 11.8 Å². The largest absolute Gasteiger partial charge is 0.381 e. The van der Waals surface area contributed by atoms with Crippen molar-refractivity contribution >= 4 is 29.2 Å². The summed E-state index contributed by atoms with van der Waals surface area (Å²) in [4.78, 5) is 28.3. The number of aromatic nitrogens is 1. The molecule has 1 fully saturated rings. The first-order valence-electron chi connectivity index (χ1n) is 9.35. The molecule has 2 aliphatic rings. The number of hydrogen-bond acceptors (Lipinski definition) is 3. The van der Waals surface area contributed by atoms with Crippen LogP contribution in [0.2, 0.25) is 0 Å². The number of carbonyl (C=O) groups is 2. The zero-order valence-corrected chi connectivity index (χ0v) is 15.8. The van der Waals surface area contributed by atoms with Crippen molar-refractivity contribution in [3.63, 3.8) is 0 Å². The number of carbonyl (C=O) groups excluding carboxylic acids is 2. The molecule has 0 atom stereocenters. The number of amides is 2. The van der Waals surface area contributed by atoms with Crippen LogP contribution in [-0.4, -0.2) is 36.1 Å². The number of nitrogens with one attached hydrogen (secondary N) is 3. The molecule has 0 unspecified atom stereocenters. The van der Waals surface area contributed by atoms with Gasteiger partial charge in [-0.1, -0.05) is 0 Å². The Labute approximate surface area is 162 Å². The molecule has 28 heavy (non-hydrogen) atoms. The second-order valence-electron chi connectivity index (χ2n) is 7.23. The number of rotatable bonds is 3.